The van der Waals surface area contributed by atoms with Crippen LogP contribution in [0.4, 0.5) is 0 Å². The lowest BCUT2D eigenvalue weighted by Gasteiger charge is -1.95. The molecule has 25 heavy (non-hydrogen) atoms. The molecule has 0 fully saturated rings. The molecular weight excluding hydrogens is 400 g/mol. The van der Waals surface area contributed by atoms with Gasteiger partial charge in [0.05, 0.1) is 17.3 Å². The SMILES string of the molecule is C=CCOS(=O)(=O)O.CCS(=O)(=O)O.Cc1ccc(S(=O)(=O)O)cc1. The Bertz CT molecular complexity index is 822. The Kier molecular flexibility index (Phi) is 11.7. The number of rotatable bonds is 5. The predicted octanol–water partition coefficient (Wildman–Crippen LogP) is 1.13. The van der Waals surface area contributed by atoms with Crippen LogP contribution in [0.15, 0.2) is 41.8 Å². The lowest BCUT2D eigenvalue weighted by atomic mass is 10.2. The van der Waals surface area contributed by atoms with Crippen molar-refractivity contribution in [3.8, 4) is 0 Å². The molecule has 0 spiro atoms. The fourth-order valence-corrected chi connectivity index (χ4v) is 1.59. The molecule has 10 nitrogen and oxygen atoms in total. The van der Waals surface area contributed by atoms with Crippen LogP contribution in [-0.4, -0.2) is 51.3 Å². The van der Waals surface area contributed by atoms with Crippen molar-refractivity contribution in [1.82, 2.24) is 0 Å². The Balaban J connectivity index is 0. The first-order valence-corrected chi connectivity index (χ1v) is 10.8. The number of hydrogen-bond acceptors (Lipinski definition) is 7. The topological polar surface area (TPSA) is 172 Å². The van der Waals surface area contributed by atoms with Gasteiger partial charge in [0.2, 0.25) is 0 Å². The molecule has 0 aliphatic carbocycles. The summed E-state index contributed by atoms with van der Waals surface area (Å²) in [5.74, 6) is -0.201. The van der Waals surface area contributed by atoms with Crippen LogP contribution in [0.25, 0.3) is 0 Å². The maximum absolute atomic E-state index is 10.5. The van der Waals surface area contributed by atoms with Crippen LogP contribution < -0.4 is 0 Å². The Hall–Kier alpha value is -1.35. The number of benzene rings is 1. The van der Waals surface area contributed by atoms with E-state index in [0.29, 0.717) is 0 Å². The molecule has 1 rings (SSSR count). The summed E-state index contributed by atoms with van der Waals surface area (Å²) >= 11 is 0. The van der Waals surface area contributed by atoms with Crippen molar-refractivity contribution in [2.45, 2.75) is 18.7 Å². The van der Waals surface area contributed by atoms with Gasteiger partial charge in [-0.2, -0.15) is 25.3 Å². The summed E-state index contributed by atoms with van der Waals surface area (Å²) in [6.45, 7) is 6.18. The molecule has 0 saturated carbocycles. The zero-order valence-electron chi connectivity index (χ0n) is 13.4. The fourth-order valence-electron chi connectivity index (χ4n) is 0.844. The Morgan fingerprint density at radius 3 is 1.60 bits per heavy atom. The highest BCUT2D eigenvalue weighted by atomic mass is 32.3. The van der Waals surface area contributed by atoms with Gasteiger partial charge in [-0.25, -0.2) is 4.18 Å². The molecule has 0 aromatic heterocycles. The summed E-state index contributed by atoms with van der Waals surface area (Å²) in [7, 11) is -11.9. The first kappa shape index (κ1) is 25.9. The Morgan fingerprint density at radius 2 is 1.40 bits per heavy atom. The standard InChI is InChI=1S/C7H8O3S.C3H6O4S.C2H6O3S/c1-6-2-4-7(5-3-6)11(8,9)10;1-2-3-7-8(4,5)6;1-2-6(3,4)5/h2-5H,1H3,(H,8,9,10);2H,1,3H2,(H,4,5,6);2H2,1H3,(H,3,4,5). The highest BCUT2D eigenvalue weighted by Crippen LogP contribution is 2.08. The molecule has 0 bridgehead atoms. The summed E-state index contributed by atoms with van der Waals surface area (Å²) in [4.78, 5) is -0.0666. The lowest BCUT2D eigenvalue weighted by molar-refractivity contribution is 0.296. The first-order valence-electron chi connectivity index (χ1n) is 6.34. The maximum atomic E-state index is 10.5. The highest BCUT2D eigenvalue weighted by Gasteiger charge is 2.06. The molecule has 3 N–H and O–H groups in total. The van der Waals surface area contributed by atoms with E-state index >= 15 is 0 Å². The Labute approximate surface area is 147 Å². The molecule has 0 unspecified atom stereocenters. The molecule has 146 valence electrons. The molecule has 0 aliphatic rings. The first-order chi connectivity index (χ1) is 11.1. The van der Waals surface area contributed by atoms with Gasteiger partial charge in [-0.1, -0.05) is 23.8 Å². The van der Waals surface area contributed by atoms with Crippen molar-refractivity contribution < 1.29 is 43.1 Å². The van der Waals surface area contributed by atoms with Crippen molar-refractivity contribution in [1.29, 1.82) is 0 Å². The van der Waals surface area contributed by atoms with Gasteiger partial charge in [-0.15, -0.1) is 6.58 Å². The zero-order valence-corrected chi connectivity index (χ0v) is 15.9. The molecule has 1 aromatic carbocycles. The van der Waals surface area contributed by atoms with E-state index in [1.807, 2.05) is 6.92 Å². The molecule has 0 heterocycles. The molecule has 0 radical (unpaired) electrons. The van der Waals surface area contributed by atoms with E-state index in [0.717, 1.165) is 5.56 Å². The van der Waals surface area contributed by atoms with E-state index in [1.54, 1.807) is 12.1 Å². The third kappa shape index (κ3) is 18.8. The summed E-state index contributed by atoms with van der Waals surface area (Å²) in [6, 6.07) is 5.99. The van der Waals surface area contributed by atoms with E-state index in [1.165, 1.54) is 25.1 Å². The van der Waals surface area contributed by atoms with Gasteiger partial charge in [-0.05, 0) is 26.0 Å². The second kappa shape index (κ2) is 11.3. The fraction of sp³-hybridized carbons (Fsp3) is 0.333. The largest absolute Gasteiger partial charge is 0.397 e. The second-order valence-corrected chi connectivity index (χ2v) is 8.41. The molecule has 1 aromatic rings. The number of hydrogen-bond donors (Lipinski definition) is 3. The van der Waals surface area contributed by atoms with Crippen LogP contribution in [0.2, 0.25) is 0 Å². The van der Waals surface area contributed by atoms with E-state index in [-0.39, 0.29) is 17.3 Å². The monoisotopic (exact) mass is 420 g/mol. The minimum Gasteiger partial charge on any atom is -0.286 e. The van der Waals surface area contributed by atoms with Gasteiger partial charge in [0, 0.05) is 0 Å². The molecule has 13 heteroatoms. The normalized spacial score (nSPS) is 11.4. The van der Waals surface area contributed by atoms with E-state index in [2.05, 4.69) is 10.8 Å². The zero-order chi connectivity index (χ0) is 20.3. The van der Waals surface area contributed by atoms with Crippen molar-refractivity contribution >= 4 is 30.6 Å². The number of aryl methyl sites for hydroxylation is 1. The molecule has 0 saturated heterocycles. The van der Waals surface area contributed by atoms with E-state index in [9.17, 15) is 25.3 Å². The van der Waals surface area contributed by atoms with Crippen molar-refractivity contribution in [3.63, 3.8) is 0 Å². The van der Waals surface area contributed by atoms with Gasteiger partial charge in [0.25, 0.3) is 20.2 Å². The van der Waals surface area contributed by atoms with Crippen LogP contribution in [-0.2, 0) is 34.8 Å². The van der Waals surface area contributed by atoms with Gasteiger partial charge in [-0.3, -0.25) is 13.7 Å². The summed E-state index contributed by atoms with van der Waals surface area (Å²) in [6.07, 6.45) is 1.22. The summed E-state index contributed by atoms with van der Waals surface area (Å²) < 4.78 is 87.5. The van der Waals surface area contributed by atoms with Crippen LogP contribution >= 0.6 is 0 Å². The Morgan fingerprint density at radius 1 is 1.00 bits per heavy atom. The van der Waals surface area contributed by atoms with Crippen molar-refractivity contribution in [2.24, 2.45) is 0 Å². The van der Waals surface area contributed by atoms with Crippen molar-refractivity contribution in [2.75, 3.05) is 12.4 Å². The van der Waals surface area contributed by atoms with Crippen LogP contribution in [0, 0.1) is 6.92 Å². The smallest absolute Gasteiger partial charge is 0.286 e. The van der Waals surface area contributed by atoms with Crippen LogP contribution in [0.3, 0.4) is 0 Å². The average molecular weight is 420 g/mol. The predicted molar refractivity (Wildman–Crippen MR) is 90.8 cm³/mol. The summed E-state index contributed by atoms with van der Waals surface area (Å²) in [5, 5.41) is 0. The van der Waals surface area contributed by atoms with Gasteiger partial charge in [0.1, 0.15) is 0 Å². The maximum Gasteiger partial charge on any atom is 0.397 e. The average Bonchev–Trinajstić information content (AvgIpc) is 2.44. The molecule has 0 atom stereocenters. The van der Waals surface area contributed by atoms with Gasteiger partial charge >= 0.3 is 10.4 Å². The third-order valence-corrected chi connectivity index (χ3v) is 4.05. The quantitative estimate of drug-likeness (QED) is 0.463. The third-order valence-electron chi connectivity index (χ3n) is 2.02. The molecule has 0 aliphatic heterocycles. The summed E-state index contributed by atoms with van der Waals surface area (Å²) in [5.41, 5.74) is 0.956. The minimum absolute atomic E-state index is 0.0666. The molecule has 0 amide bonds. The van der Waals surface area contributed by atoms with Gasteiger partial charge < -0.3 is 0 Å². The highest BCUT2D eigenvalue weighted by molar-refractivity contribution is 7.86. The van der Waals surface area contributed by atoms with E-state index in [4.69, 9.17) is 13.7 Å². The van der Waals surface area contributed by atoms with E-state index < -0.39 is 30.6 Å². The minimum atomic E-state index is -4.26. The van der Waals surface area contributed by atoms with Crippen LogP contribution in [0.5, 0.6) is 0 Å². The molecular formula is C12H20O10S3. The van der Waals surface area contributed by atoms with Gasteiger partial charge in [0.15, 0.2) is 0 Å². The van der Waals surface area contributed by atoms with Crippen LogP contribution in [0.1, 0.15) is 12.5 Å². The van der Waals surface area contributed by atoms with Crippen molar-refractivity contribution in [3.05, 3.63) is 42.5 Å². The lowest BCUT2D eigenvalue weighted by Crippen LogP contribution is -2.02. The second-order valence-electron chi connectivity index (χ2n) is 4.16.